The number of nitrogens with zero attached hydrogens (tertiary/aromatic N) is 4. The molecule has 2 aromatic carbocycles. The highest BCUT2D eigenvalue weighted by atomic mass is 16.5. The van der Waals surface area contributed by atoms with Crippen molar-refractivity contribution in [3.8, 4) is 17.1 Å². The molecule has 0 aliphatic heterocycles. The lowest BCUT2D eigenvalue weighted by Gasteiger charge is -2.09. The van der Waals surface area contributed by atoms with Crippen LogP contribution in [0.5, 0.6) is 5.88 Å². The van der Waals surface area contributed by atoms with Crippen LogP contribution in [0.25, 0.3) is 33.2 Å². The third kappa shape index (κ3) is 2.38. The van der Waals surface area contributed by atoms with Crippen molar-refractivity contribution in [3.63, 3.8) is 0 Å². The molecule has 0 fully saturated rings. The molecule has 2 N–H and O–H groups in total. The molecule has 4 aromatic rings. The number of hydrogen-bond acceptors (Lipinski definition) is 6. The second-order valence-electron chi connectivity index (χ2n) is 5.27. The number of rotatable bonds is 3. The van der Waals surface area contributed by atoms with Gasteiger partial charge in [-0.1, -0.05) is 42.5 Å². The standard InChI is InChI=1S/C18H15N5O/c1-2-24-17-15-16(22-18(19)23-17)20-10-14(21-15)13-9-5-7-11-6-3-4-8-12(11)13/h3-10H,2H2,1H3,(H2,19,20,22,23). The molecular formula is C18H15N5O. The minimum atomic E-state index is 0.123. The van der Waals surface area contributed by atoms with Crippen molar-refractivity contribution in [1.82, 2.24) is 19.9 Å². The molecule has 0 saturated carbocycles. The normalized spacial score (nSPS) is 11.0. The fraction of sp³-hybridized carbons (Fsp3) is 0.111. The average Bonchev–Trinajstić information content (AvgIpc) is 2.61. The molecule has 0 amide bonds. The highest BCUT2D eigenvalue weighted by Crippen LogP contribution is 2.29. The first-order valence-electron chi connectivity index (χ1n) is 7.67. The first-order chi connectivity index (χ1) is 11.8. The summed E-state index contributed by atoms with van der Waals surface area (Å²) in [4.78, 5) is 17.3. The van der Waals surface area contributed by atoms with Gasteiger partial charge in [-0.2, -0.15) is 9.97 Å². The summed E-state index contributed by atoms with van der Waals surface area (Å²) in [6, 6.07) is 14.3. The lowest BCUT2D eigenvalue weighted by atomic mass is 10.0. The number of aromatic nitrogens is 4. The first-order valence-corrected chi connectivity index (χ1v) is 7.67. The molecule has 24 heavy (non-hydrogen) atoms. The van der Waals surface area contributed by atoms with E-state index in [0.717, 1.165) is 22.0 Å². The molecule has 0 bridgehead atoms. The summed E-state index contributed by atoms with van der Waals surface area (Å²) >= 11 is 0. The average molecular weight is 317 g/mol. The van der Waals surface area contributed by atoms with E-state index < -0.39 is 0 Å². The fourth-order valence-electron chi connectivity index (χ4n) is 2.71. The van der Waals surface area contributed by atoms with E-state index in [1.165, 1.54) is 0 Å². The molecule has 0 radical (unpaired) electrons. The second kappa shape index (κ2) is 5.73. The van der Waals surface area contributed by atoms with Crippen LogP contribution in [-0.4, -0.2) is 26.5 Å². The van der Waals surface area contributed by atoms with Crippen molar-refractivity contribution < 1.29 is 4.74 Å². The van der Waals surface area contributed by atoms with Crippen molar-refractivity contribution in [3.05, 3.63) is 48.7 Å². The van der Waals surface area contributed by atoms with Crippen molar-refractivity contribution in [1.29, 1.82) is 0 Å². The van der Waals surface area contributed by atoms with Gasteiger partial charge >= 0.3 is 0 Å². The second-order valence-corrected chi connectivity index (χ2v) is 5.27. The molecule has 2 heterocycles. The van der Waals surface area contributed by atoms with Gasteiger partial charge < -0.3 is 10.5 Å². The number of fused-ring (bicyclic) bond motifs is 2. The van der Waals surface area contributed by atoms with E-state index in [-0.39, 0.29) is 5.95 Å². The summed E-state index contributed by atoms with van der Waals surface area (Å²) in [5.41, 5.74) is 8.39. The van der Waals surface area contributed by atoms with E-state index in [1.54, 1.807) is 6.20 Å². The largest absolute Gasteiger partial charge is 0.476 e. The smallest absolute Gasteiger partial charge is 0.247 e. The van der Waals surface area contributed by atoms with Crippen molar-refractivity contribution >= 4 is 27.9 Å². The summed E-state index contributed by atoms with van der Waals surface area (Å²) in [5.74, 6) is 0.479. The Hall–Kier alpha value is -3.28. The van der Waals surface area contributed by atoms with E-state index in [9.17, 15) is 0 Å². The van der Waals surface area contributed by atoms with Crippen LogP contribution >= 0.6 is 0 Å². The van der Waals surface area contributed by atoms with Gasteiger partial charge in [-0.3, -0.25) is 0 Å². The predicted molar refractivity (Wildman–Crippen MR) is 93.7 cm³/mol. The molecule has 2 aromatic heterocycles. The lowest BCUT2D eigenvalue weighted by molar-refractivity contribution is 0.330. The van der Waals surface area contributed by atoms with Crippen LogP contribution in [0.4, 0.5) is 5.95 Å². The van der Waals surface area contributed by atoms with Gasteiger partial charge in [0.05, 0.1) is 18.5 Å². The Morgan fingerprint density at radius 1 is 1.00 bits per heavy atom. The van der Waals surface area contributed by atoms with E-state index in [1.807, 2.05) is 31.2 Å². The summed E-state index contributed by atoms with van der Waals surface area (Å²) in [5, 5.41) is 2.26. The van der Waals surface area contributed by atoms with Gasteiger partial charge in [-0.25, -0.2) is 9.97 Å². The van der Waals surface area contributed by atoms with Gasteiger partial charge in [-0.05, 0) is 17.7 Å². The Morgan fingerprint density at radius 3 is 2.71 bits per heavy atom. The van der Waals surface area contributed by atoms with E-state index in [2.05, 4.69) is 38.1 Å². The predicted octanol–water partition coefficient (Wildman–Crippen LogP) is 3.22. The number of nitrogens with two attached hydrogens (primary N) is 1. The Bertz CT molecular complexity index is 1040. The summed E-state index contributed by atoms with van der Waals surface area (Å²) < 4.78 is 5.54. The molecule has 0 aliphatic carbocycles. The lowest BCUT2D eigenvalue weighted by Crippen LogP contribution is -2.04. The molecule has 0 spiro atoms. The SMILES string of the molecule is CCOc1nc(N)nc2ncc(-c3cccc4ccccc34)nc12. The minimum absolute atomic E-state index is 0.123. The molecule has 6 heteroatoms. The molecular weight excluding hydrogens is 302 g/mol. The number of anilines is 1. The molecule has 0 aliphatic rings. The quantitative estimate of drug-likeness (QED) is 0.624. The summed E-state index contributed by atoms with van der Waals surface area (Å²) in [6.45, 7) is 2.35. The molecule has 0 unspecified atom stereocenters. The zero-order valence-corrected chi connectivity index (χ0v) is 13.1. The van der Waals surface area contributed by atoms with E-state index in [4.69, 9.17) is 10.5 Å². The van der Waals surface area contributed by atoms with Crippen molar-refractivity contribution in [2.24, 2.45) is 0 Å². The molecule has 0 atom stereocenters. The van der Waals surface area contributed by atoms with Gasteiger partial charge in [0.2, 0.25) is 11.8 Å². The molecule has 6 nitrogen and oxygen atoms in total. The van der Waals surface area contributed by atoms with Crippen molar-refractivity contribution in [2.75, 3.05) is 12.3 Å². The zero-order chi connectivity index (χ0) is 16.5. The Kier molecular flexibility index (Phi) is 3.42. The number of hydrogen-bond donors (Lipinski definition) is 1. The monoisotopic (exact) mass is 317 g/mol. The van der Waals surface area contributed by atoms with Crippen LogP contribution in [0.1, 0.15) is 6.92 Å². The van der Waals surface area contributed by atoms with Crippen molar-refractivity contribution in [2.45, 2.75) is 6.92 Å². The number of ether oxygens (including phenoxy) is 1. The van der Waals surface area contributed by atoms with Gasteiger partial charge in [0.1, 0.15) is 0 Å². The maximum Gasteiger partial charge on any atom is 0.247 e. The third-order valence-corrected chi connectivity index (χ3v) is 3.74. The van der Waals surface area contributed by atoms with Gasteiger partial charge in [0, 0.05) is 5.56 Å². The maximum atomic E-state index is 5.71. The Balaban J connectivity index is 1.97. The summed E-state index contributed by atoms with van der Waals surface area (Å²) in [7, 11) is 0. The van der Waals surface area contributed by atoms with Crippen LogP contribution in [0, 0.1) is 0 Å². The van der Waals surface area contributed by atoms with E-state index in [0.29, 0.717) is 23.7 Å². The van der Waals surface area contributed by atoms with Crippen LogP contribution in [0.2, 0.25) is 0 Å². The maximum absolute atomic E-state index is 5.71. The summed E-state index contributed by atoms with van der Waals surface area (Å²) in [6.07, 6.45) is 1.70. The van der Waals surface area contributed by atoms with Crippen LogP contribution in [-0.2, 0) is 0 Å². The van der Waals surface area contributed by atoms with Gasteiger partial charge in [0.25, 0.3) is 0 Å². The minimum Gasteiger partial charge on any atom is -0.476 e. The van der Waals surface area contributed by atoms with Gasteiger partial charge in [0.15, 0.2) is 11.2 Å². The molecule has 4 rings (SSSR count). The van der Waals surface area contributed by atoms with Crippen LogP contribution in [0.15, 0.2) is 48.7 Å². The van der Waals surface area contributed by atoms with E-state index >= 15 is 0 Å². The first kappa shape index (κ1) is 14.3. The Morgan fingerprint density at radius 2 is 1.83 bits per heavy atom. The molecule has 0 saturated heterocycles. The van der Waals surface area contributed by atoms with Crippen LogP contribution in [0.3, 0.4) is 0 Å². The van der Waals surface area contributed by atoms with Gasteiger partial charge in [-0.15, -0.1) is 0 Å². The Labute approximate surface area is 138 Å². The fourth-order valence-corrected chi connectivity index (χ4v) is 2.71. The third-order valence-electron chi connectivity index (χ3n) is 3.74. The number of benzene rings is 2. The molecule has 118 valence electrons. The highest BCUT2D eigenvalue weighted by molar-refractivity contribution is 5.96. The number of nitrogen functional groups attached to an aromatic ring is 1. The van der Waals surface area contributed by atoms with Crippen LogP contribution < -0.4 is 10.5 Å². The topological polar surface area (TPSA) is 86.8 Å². The highest BCUT2D eigenvalue weighted by Gasteiger charge is 2.13. The zero-order valence-electron chi connectivity index (χ0n) is 13.1.